The van der Waals surface area contributed by atoms with Crippen LogP contribution < -0.4 is 20.1 Å². The largest absolute Gasteiger partial charge is 0.496 e. The maximum atomic E-state index is 13.0. The molecule has 1 atom stereocenters. The van der Waals surface area contributed by atoms with Crippen molar-refractivity contribution in [3.63, 3.8) is 0 Å². The summed E-state index contributed by atoms with van der Waals surface area (Å²) in [5.41, 5.74) is 2.56. The Bertz CT molecular complexity index is 1570. The van der Waals surface area contributed by atoms with Gasteiger partial charge in [0.1, 0.15) is 16.0 Å². The zero-order valence-corrected chi connectivity index (χ0v) is 24.1. The molecule has 1 fully saturated rings. The van der Waals surface area contributed by atoms with Crippen LogP contribution in [0.3, 0.4) is 0 Å². The normalized spacial score (nSPS) is 15.5. The summed E-state index contributed by atoms with van der Waals surface area (Å²) in [6.07, 6.45) is 0. The Labute approximate surface area is 241 Å². The first kappa shape index (κ1) is 29.1. The molecule has 3 heterocycles. The summed E-state index contributed by atoms with van der Waals surface area (Å²) < 4.78 is 41.7. The Kier molecular flexibility index (Phi) is 9.36. The van der Waals surface area contributed by atoms with Gasteiger partial charge >= 0.3 is 0 Å². The lowest BCUT2D eigenvalue weighted by Crippen LogP contribution is -2.51. The number of rotatable bonds is 9. The number of amides is 1. The number of sulfonamides is 1. The molecule has 4 aromatic rings. The second kappa shape index (κ2) is 12.5. The van der Waals surface area contributed by atoms with Gasteiger partial charge < -0.3 is 20.1 Å². The summed E-state index contributed by atoms with van der Waals surface area (Å²) in [5, 5.41) is 11.2. The fraction of sp³-hybridized carbons (Fsp3) is 0.280. The minimum Gasteiger partial charge on any atom is -0.496 e. The maximum absolute atomic E-state index is 13.0. The molecule has 208 valence electrons. The highest BCUT2D eigenvalue weighted by Crippen LogP contribution is 2.35. The molecule has 1 saturated heterocycles. The summed E-state index contributed by atoms with van der Waals surface area (Å²) in [4.78, 5) is 12.4. The zero-order valence-electron chi connectivity index (χ0n) is 20.8. The number of hydrogen-bond acceptors (Lipinski definition) is 8. The van der Waals surface area contributed by atoms with Crippen LogP contribution in [0, 0.1) is 0 Å². The average Bonchev–Trinajstić information content (AvgIpc) is 3.52. The molecule has 1 aliphatic heterocycles. The van der Waals surface area contributed by atoms with Crippen molar-refractivity contribution in [2.24, 2.45) is 0 Å². The van der Waals surface area contributed by atoms with Crippen molar-refractivity contribution in [1.29, 1.82) is 0 Å². The minimum absolute atomic E-state index is 0. The highest BCUT2D eigenvalue weighted by atomic mass is 35.5. The van der Waals surface area contributed by atoms with Crippen LogP contribution in [0.2, 0.25) is 4.34 Å². The summed E-state index contributed by atoms with van der Waals surface area (Å²) in [5.74, 6) is 0.546. The Morgan fingerprint density at radius 3 is 2.74 bits per heavy atom. The van der Waals surface area contributed by atoms with Gasteiger partial charge in [0.2, 0.25) is 5.91 Å². The maximum Gasteiger partial charge on any atom is 0.272 e. The zero-order chi connectivity index (χ0) is 26.7. The van der Waals surface area contributed by atoms with Crippen molar-refractivity contribution in [1.82, 2.24) is 20.4 Å². The Morgan fingerprint density at radius 2 is 2.03 bits per heavy atom. The number of hydrogen-bond donors (Lipinski definition) is 3. The minimum atomic E-state index is -3.90. The number of nitrogens with one attached hydrogen (secondary N) is 3. The summed E-state index contributed by atoms with van der Waals surface area (Å²) in [6.45, 7) is 2.34. The fourth-order valence-corrected chi connectivity index (χ4v) is 6.73. The molecule has 0 unspecified atom stereocenters. The van der Waals surface area contributed by atoms with Gasteiger partial charge in [-0.2, -0.15) is 5.10 Å². The third-order valence-corrected chi connectivity index (χ3v) is 9.09. The SMILES string of the molecule is COc1cccc2c1c(NS(=O)(=O)c1ccc(Cl)s1)nn2Cc1cccc(CNC(=O)[C@@H]2COCCN2)c1.Cl. The molecule has 5 rings (SSSR count). The first-order chi connectivity index (χ1) is 18.3. The van der Waals surface area contributed by atoms with Gasteiger partial charge in [-0.05, 0) is 35.4 Å². The second-order valence-electron chi connectivity index (χ2n) is 8.64. The average molecular weight is 613 g/mol. The number of benzene rings is 2. The predicted molar refractivity (Wildman–Crippen MR) is 154 cm³/mol. The van der Waals surface area contributed by atoms with E-state index in [1.54, 1.807) is 10.7 Å². The molecule has 1 amide bonds. The monoisotopic (exact) mass is 611 g/mol. The summed E-state index contributed by atoms with van der Waals surface area (Å²) in [6, 6.07) is 15.8. The molecule has 10 nitrogen and oxygen atoms in total. The van der Waals surface area contributed by atoms with E-state index in [1.165, 1.54) is 19.2 Å². The van der Waals surface area contributed by atoms with Crippen LogP contribution in [-0.2, 0) is 32.6 Å². The van der Waals surface area contributed by atoms with Crippen molar-refractivity contribution in [2.45, 2.75) is 23.3 Å². The van der Waals surface area contributed by atoms with Crippen LogP contribution in [0.15, 0.2) is 58.8 Å². The summed E-state index contributed by atoms with van der Waals surface area (Å²) >= 11 is 6.92. The number of halogens is 2. The molecule has 0 spiro atoms. The lowest BCUT2D eigenvalue weighted by molar-refractivity contribution is -0.126. The van der Waals surface area contributed by atoms with E-state index < -0.39 is 10.0 Å². The number of thiophene rings is 1. The summed E-state index contributed by atoms with van der Waals surface area (Å²) in [7, 11) is -2.38. The third-order valence-electron chi connectivity index (χ3n) is 6.03. The number of nitrogens with zero attached hydrogens (tertiary/aromatic N) is 2. The molecule has 0 radical (unpaired) electrons. The highest BCUT2D eigenvalue weighted by molar-refractivity contribution is 7.94. The Morgan fingerprint density at radius 1 is 1.23 bits per heavy atom. The van der Waals surface area contributed by atoms with E-state index in [0.717, 1.165) is 22.5 Å². The van der Waals surface area contributed by atoms with Crippen LogP contribution in [0.4, 0.5) is 5.82 Å². The molecular weight excluding hydrogens is 585 g/mol. The van der Waals surface area contributed by atoms with Crippen molar-refractivity contribution in [2.75, 3.05) is 31.6 Å². The molecule has 3 N–H and O–H groups in total. The molecule has 0 bridgehead atoms. The number of anilines is 1. The van der Waals surface area contributed by atoms with E-state index in [0.29, 0.717) is 53.8 Å². The van der Waals surface area contributed by atoms with Gasteiger partial charge in [-0.1, -0.05) is 41.9 Å². The van der Waals surface area contributed by atoms with Gasteiger partial charge in [0.25, 0.3) is 10.0 Å². The van der Waals surface area contributed by atoms with Crippen LogP contribution >= 0.6 is 35.3 Å². The number of carbonyl (C=O) groups is 1. The molecule has 1 aliphatic rings. The van der Waals surface area contributed by atoms with E-state index in [2.05, 4.69) is 20.5 Å². The van der Waals surface area contributed by atoms with Crippen molar-refractivity contribution >= 4 is 68.0 Å². The van der Waals surface area contributed by atoms with E-state index in [1.807, 2.05) is 36.4 Å². The van der Waals surface area contributed by atoms with Gasteiger partial charge in [-0.25, -0.2) is 8.42 Å². The van der Waals surface area contributed by atoms with E-state index >= 15 is 0 Å². The number of ether oxygens (including phenoxy) is 2. The molecular formula is C25H27Cl2N5O5S2. The van der Waals surface area contributed by atoms with Crippen molar-refractivity contribution in [3.8, 4) is 5.75 Å². The molecule has 39 heavy (non-hydrogen) atoms. The number of morpholine rings is 1. The van der Waals surface area contributed by atoms with E-state index in [-0.39, 0.29) is 34.4 Å². The Hall–Kier alpha value is -2.87. The fourth-order valence-electron chi connectivity index (χ4n) is 4.24. The lowest BCUT2D eigenvalue weighted by atomic mass is 10.1. The smallest absolute Gasteiger partial charge is 0.272 e. The van der Waals surface area contributed by atoms with Gasteiger partial charge in [0, 0.05) is 13.1 Å². The standard InChI is InChI=1S/C25H26ClN5O5S2.ClH/c1-35-20-7-3-6-19-23(20)24(30-38(33,34)22-9-8-21(26)37-22)29-31(19)14-17-5-2-4-16(12-17)13-28-25(32)18-15-36-11-10-27-18;/h2-9,12,18,27H,10-11,13-15H2,1H3,(H,28,32)(H,29,30);1H/t18-;/m0./s1. The number of aromatic nitrogens is 2. The first-order valence-electron chi connectivity index (χ1n) is 11.8. The number of methoxy groups -OCH3 is 1. The van der Waals surface area contributed by atoms with Gasteiger partial charge in [-0.3, -0.25) is 14.2 Å². The van der Waals surface area contributed by atoms with E-state index in [9.17, 15) is 13.2 Å². The second-order valence-corrected chi connectivity index (χ2v) is 12.3. The van der Waals surface area contributed by atoms with Gasteiger partial charge in [-0.15, -0.1) is 23.7 Å². The van der Waals surface area contributed by atoms with Gasteiger partial charge in [0.05, 0.1) is 42.1 Å². The molecule has 0 saturated carbocycles. The van der Waals surface area contributed by atoms with Crippen molar-refractivity contribution < 1.29 is 22.7 Å². The third kappa shape index (κ3) is 6.65. The van der Waals surface area contributed by atoms with Crippen LogP contribution in [0.5, 0.6) is 5.75 Å². The quantitative estimate of drug-likeness (QED) is 0.264. The van der Waals surface area contributed by atoms with Crippen LogP contribution in [-0.4, -0.2) is 57.0 Å². The molecule has 14 heteroatoms. The number of fused-ring (bicyclic) bond motifs is 1. The van der Waals surface area contributed by atoms with Crippen LogP contribution in [0.25, 0.3) is 10.9 Å². The lowest BCUT2D eigenvalue weighted by Gasteiger charge is -2.22. The van der Waals surface area contributed by atoms with Gasteiger partial charge in [0.15, 0.2) is 5.82 Å². The predicted octanol–water partition coefficient (Wildman–Crippen LogP) is 3.64. The van der Waals surface area contributed by atoms with E-state index in [4.69, 9.17) is 21.1 Å². The number of carbonyl (C=O) groups excluding carboxylic acids is 1. The topological polar surface area (TPSA) is 124 Å². The van der Waals surface area contributed by atoms with Crippen LogP contribution in [0.1, 0.15) is 11.1 Å². The molecule has 2 aromatic heterocycles. The highest BCUT2D eigenvalue weighted by Gasteiger charge is 2.23. The Balaban J connectivity index is 0.00000353. The molecule has 2 aromatic carbocycles. The van der Waals surface area contributed by atoms with Crippen molar-refractivity contribution in [3.05, 3.63) is 70.1 Å². The first-order valence-corrected chi connectivity index (χ1v) is 14.5. The molecule has 0 aliphatic carbocycles.